The van der Waals surface area contributed by atoms with Gasteiger partial charge >= 0.3 is 0 Å². The van der Waals surface area contributed by atoms with Gasteiger partial charge in [-0.1, -0.05) is 23.7 Å². The predicted octanol–water partition coefficient (Wildman–Crippen LogP) is 5.06. The third kappa shape index (κ3) is 4.13. The second-order valence-corrected chi connectivity index (χ2v) is 8.93. The molecule has 1 unspecified atom stereocenters. The van der Waals surface area contributed by atoms with Crippen molar-refractivity contribution < 1.29 is 33.6 Å². The highest BCUT2D eigenvalue weighted by molar-refractivity contribution is 6.52. The van der Waals surface area contributed by atoms with E-state index in [4.69, 9.17) is 30.5 Å². The van der Waals surface area contributed by atoms with Crippen molar-refractivity contribution in [2.45, 2.75) is 13.0 Å². The Morgan fingerprint density at radius 1 is 0.973 bits per heavy atom. The van der Waals surface area contributed by atoms with E-state index in [-0.39, 0.29) is 11.3 Å². The summed E-state index contributed by atoms with van der Waals surface area (Å²) in [5.74, 6) is -0.0816. The van der Waals surface area contributed by atoms with Gasteiger partial charge in [-0.3, -0.25) is 14.5 Å². The highest BCUT2D eigenvalue weighted by Gasteiger charge is 2.47. The third-order valence-corrected chi connectivity index (χ3v) is 6.89. The van der Waals surface area contributed by atoms with E-state index < -0.39 is 17.7 Å². The molecule has 1 fully saturated rings. The number of ether oxygens (including phenoxy) is 4. The minimum absolute atomic E-state index is 0.0757. The highest BCUT2D eigenvalue weighted by Crippen LogP contribution is 2.46. The molecule has 2 heterocycles. The number of anilines is 1. The van der Waals surface area contributed by atoms with Crippen molar-refractivity contribution in [3.05, 3.63) is 81.9 Å². The normalized spacial score (nSPS) is 18.2. The highest BCUT2D eigenvalue weighted by atomic mass is 35.5. The van der Waals surface area contributed by atoms with Crippen molar-refractivity contribution in [2.24, 2.45) is 0 Å². The van der Waals surface area contributed by atoms with E-state index in [2.05, 4.69) is 0 Å². The van der Waals surface area contributed by atoms with Gasteiger partial charge in [-0.05, 0) is 60.5 Å². The molecule has 1 amide bonds. The Morgan fingerprint density at radius 2 is 1.70 bits per heavy atom. The fraction of sp³-hybridized carbons (Fsp3) is 0.214. The SMILES string of the molecule is COc1ccc(C2/C(=C(\O)c3ccc4c(c3)OCCO4)C(=O)C(=O)N2c2cccc(Cl)c2C)cc1OC. The van der Waals surface area contributed by atoms with Crippen LogP contribution in [0.3, 0.4) is 0 Å². The van der Waals surface area contributed by atoms with Gasteiger partial charge < -0.3 is 24.1 Å². The number of fused-ring (bicyclic) bond motifs is 1. The first kappa shape index (κ1) is 24.5. The van der Waals surface area contributed by atoms with Gasteiger partial charge in [0.2, 0.25) is 0 Å². The molecular formula is C28H24ClNO7. The van der Waals surface area contributed by atoms with E-state index in [1.165, 1.54) is 19.1 Å². The van der Waals surface area contributed by atoms with Crippen LogP contribution in [0.15, 0.2) is 60.2 Å². The molecule has 1 N–H and O–H groups in total. The van der Waals surface area contributed by atoms with Crippen LogP contribution >= 0.6 is 11.6 Å². The van der Waals surface area contributed by atoms with Gasteiger partial charge in [0, 0.05) is 16.3 Å². The third-order valence-electron chi connectivity index (χ3n) is 6.48. The number of Topliss-reactive ketones (excluding diaryl/α,β-unsaturated/α-hetero) is 1. The number of amides is 1. The number of halogens is 1. The molecule has 3 aromatic rings. The van der Waals surface area contributed by atoms with Gasteiger partial charge in [0.25, 0.3) is 11.7 Å². The Labute approximate surface area is 218 Å². The quantitative estimate of drug-likeness (QED) is 0.285. The lowest BCUT2D eigenvalue weighted by molar-refractivity contribution is -0.132. The van der Waals surface area contributed by atoms with Gasteiger partial charge in [0.15, 0.2) is 23.0 Å². The largest absolute Gasteiger partial charge is 0.507 e. The van der Waals surface area contributed by atoms with Crippen molar-refractivity contribution in [1.82, 2.24) is 0 Å². The van der Waals surface area contributed by atoms with Crippen LogP contribution in [0, 0.1) is 6.92 Å². The number of carbonyl (C=O) groups excluding carboxylic acids is 2. The Balaban J connectivity index is 1.74. The van der Waals surface area contributed by atoms with E-state index in [0.717, 1.165) is 0 Å². The number of aliphatic hydroxyl groups excluding tert-OH is 1. The maximum Gasteiger partial charge on any atom is 0.300 e. The lowest BCUT2D eigenvalue weighted by Crippen LogP contribution is -2.30. The zero-order valence-electron chi connectivity index (χ0n) is 20.4. The summed E-state index contributed by atoms with van der Waals surface area (Å²) in [6.45, 7) is 2.55. The van der Waals surface area contributed by atoms with Crippen LogP contribution in [0.25, 0.3) is 5.76 Å². The summed E-state index contributed by atoms with van der Waals surface area (Å²) in [5, 5.41) is 11.9. The molecule has 1 saturated heterocycles. The molecule has 0 radical (unpaired) electrons. The summed E-state index contributed by atoms with van der Waals surface area (Å²) in [7, 11) is 3.01. The Bertz CT molecular complexity index is 1450. The molecule has 190 valence electrons. The van der Waals surface area contributed by atoms with Gasteiger partial charge in [-0.15, -0.1) is 0 Å². The molecule has 2 aliphatic heterocycles. The van der Waals surface area contributed by atoms with Crippen LogP contribution < -0.4 is 23.8 Å². The molecule has 0 aliphatic carbocycles. The first-order valence-corrected chi connectivity index (χ1v) is 11.9. The maximum absolute atomic E-state index is 13.5. The fourth-order valence-corrected chi connectivity index (χ4v) is 4.79. The van der Waals surface area contributed by atoms with Gasteiger partial charge in [0.05, 0.1) is 25.8 Å². The number of rotatable bonds is 5. The molecule has 0 saturated carbocycles. The van der Waals surface area contributed by atoms with Crippen molar-refractivity contribution >= 4 is 34.7 Å². The number of methoxy groups -OCH3 is 2. The average molecular weight is 522 g/mol. The minimum atomic E-state index is -0.967. The second kappa shape index (κ2) is 9.71. The molecule has 2 aliphatic rings. The summed E-state index contributed by atoms with van der Waals surface area (Å²) in [6.07, 6.45) is 0. The zero-order chi connectivity index (χ0) is 26.3. The van der Waals surface area contributed by atoms with Crippen molar-refractivity contribution in [2.75, 3.05) is 32.3 Å². The lowest BCUT2D eigenvalue weighted by Gasteiger charge is -2.27. The smallest absolute Gasteiger partial charge is 0.300 e. The first-order valence-electron chi connectivity index (χ1n) is 11.5. The summed E-state index contributed by atoms with van der Waals surface area (Å²) in [6, 6.07) is 14.1. The molecule has 9 heteroatoms. The number of carbonyl (C=O) groups is 2. The van der Waals surface area contributed by atoms with Crippen LogP contribution in [0.2, 0.25) is 5.02 Å². The first-order chi connectivity index (χ1) is 17.8. The van der Waals surface area contributed by atoms with Crippen LogP contribution in [-0.2, 0) is 9.59 Å². The van der Waals surface area contributed by atoms with Crippen LogP contribution in [0.5, 0.6) is 23.0 Å². The molecule has 8 nitrogen and oxygen atoms in total. The van der Waals surface area contributed by atoms with Crippen LogP contribution in [0.1, 0.15) is 22.7 Å². The van der Waals surface area contributed by atoms with Crippen molar-refractivity contribution in [1.29, 1.82) is 0 Å². The molecule has 5 rings (SSSR count). The van der Waals surface area contributed by atoms with Crippen LogP contribution in [0.4, 0.5) is 5.69 Å². The number of nitrogens with zero attached hydrogens (tertiary/aromatic N) is 1. The summed E-state index contributed by atoms with van der Waals surface area (Å²) < 4.78 is 22.0. The number of aliphatic hydroxyl groups is 1. The molecule has 0 spiro atoms. The number of hydrogen-bond acceptors (Lipinski definition) is 7. The van der Waals surface area contributed by atoms with E-state index in [1.807, 2.05) is 0 Å². The summed E-state index contributed by atoms with van der Waals surface area (Å²) >= 11 is 6.37. The monoisotopic (exact) mass is 521 g/mol. The molecule has 3 aromatic carbocycles. The Morgan fingerprint density at radius 3 is 2.43 bits per heavy atom. The van der Waals surface area contributed by atoms with Crippen molar-refractivity contribution in [3.8, 4) is 23.0 Å². The topological polar surface area (TPSA) is 94.5 Å². The second-order valence-electron chi connectivity index (χ2n) is 8.53. The Hall–Kier alpha value is -4.17. The molecule has 1 atom stereocenters. The molecule has 0 bridgehead atoms. The molecule has 37 heavy (non-hydrogen) atoms. The van der Waals surface area contributed by atoms with Gasteiger partial charge in [-0.25, -0.2) is 0 Å². The zero-order valence-corrected chi connectivity index (χ0v) is 21.2. The predicted molar refractivity (Wildman–Crippen MR) is 138 cm³/mol. The summed E-state index contributed by atoms with van der Waals surface area (Å²) in [4.78, 5) is 28.3. The standard InChI is InChI=1S/C28H24ClNO7/c1-15-18(29)5-4-6-19(15)30-25(16-7-9-20(34-2)22(13-16)35-3)24(27(32)28(30)33)26(31)17-8-10-21-23(14-17)37-12-11-36-21/h4-10,13-14,25,31H,11-12H2,1-3H3/b26-24+. The van der Waals surface area contributed by atoms with E-state index in [0.29, 0.717) is 63.6 Å². The van der Waals surface area contributed by atoms with Gasteiger partial charge in [-0.2, -0.15) is 0 Å². The molecular weight excluding hydrogens is 498 g/mol. The van der Waals surface area contributed by atoms with E-state index >= 15 is 0 Å². The lowest BCUT2D eigenvalue weighted by atomic mass is 9.94. The maximum atomic E-state index is 13.5. The van der Waals surface area contributed by atoms with Gasteiger partial charge in [0.1, 0.15) is 19.0 Å². The molecule has 0 aromatic heterocycles. The summed E-state index contributed by atoms with van der Waals surface area (Å²) in [5.41, 5.74) is 1.85. The number of benzene rings is 3. The van der Waals surface area contributed by atoms with E-state index in [9.17, 15) is 14.7 Å². The average Bonchev–Trinajstić information content (AvgIpc) is 3.19. The number of ketones is 1. The van der Waals surface area contributed by atoms with Crippen LogP contribution in [-0.4, -0.2) is 44.2 Å². The van der Waals surface area contributed by atoms with Crippen molar-refractivity contribution in [3.63, 3.8) is 0 Å². The number of hydrogen-bond donors (Lipinski definition) is 1. The van der Waals surface area contributed by atoms with E-state index in [1.54, 1.807) is 61.5 Å². The minimum Gasteiger partial charge on any atom is -0.507 e. The Kier molecular flexibility index (Phi) is 6.43. The fourth-order valence-electron chi connectivity index (χ4n) is 4.62.